The predicted octanol–water partition coefficient (Wildman–Crippen LogP) is 4.50. The zero-order valence-corrected chi connectivity index (χ0v) is 17.5. The van der Waals surface area contributed by atoms with E-state index in [0.29, 0.717) is 6.42 Å². The number of rotatable bonds is 5. The first kappa shape index (κ1) is 20.1. The summed E-state index contributed by atoms with van der Waals surface area (Å²) in [6.07, 6.45) is 0.0512. The average Bonchev–Trinajstić information content (AvgIpc) is 2.63. The molecule has 1 heterocycles. The monoisotopic (exact) mass is 383 g/mol. The zero-order chi connectivity index (χ0) is 20.5. The van der Waals surface area contributed by atoms with Gasteiger partial charge in [-0.25, -0.2) is 0 Å². The predicted molar refractivity (Wildman–Crippen MR) is 109 cm³/mol. The molecule has 0 fully saturated rings. The van der Waals surface area contributed by atoms with Crippen LogP contribution in [0.3, 0.4) is 0 Å². The van der Waals surface area contributed by atoms with E-state index < -0.39 is 6.10 Å². The van der Waals surface area contributed by atoms with E-state index in [1.807, 2.05) is 64.1 Å². The third-order valence-electron chi connectivity index (χ3n) is 5.01. The second-order valence-corrected chi connectivity index (χ2v) is 8.06. The second kappa shape index (κ2) is 7.74. The van der Waals surface area contributed by atoms with Crippen LogP contribution < -0.4 is 19.5 Å². The Bertz CT molecular complexity index is 875. The summed E-state index contributed by atoms with van der Waals surface area (Å²) in [7, 11) is 1.63. The summed E-state index contributed by atoms with van der Waals surface area (Å²) in [6.45, 7) is 9.80. The number of nitrogens with one attached hydrogen (secondary N) is 1. The molecule has 5 nitrogen and oxygen atoms in total. The quantitative estimate of drug-likeness (QED) is 0.826. The van der Waals surface area contributed by atoms with E-state index in [-0.39, 0.29) is 17.6 Å². The highest BCUT2D eigenvalue weighted by Gasteiger charge is 2.35. The maximum Gasteiger partial charge on any atom is 0.261 e. The Morgan fingerprint density at radius 2 is 1.96 bits per heavy atom. The molecule has 0 spiro atoms. The molecule has 150 valence electrons. The van der Waals surface area contributed by atoms with Gasteiger partial charge in [0.25, 0.3) is 5.91 Å². The van der Waals surface area contributed by atoms with Crippen molar-refractivity contribution in [1.29, 1.82) is 0 Å². The highest BCUT2D eigenvalue weighted by atomic mass is 16.5. The Balaban J connectivity index is 1.78. The lowest BCUT2D eigenvalue weighted by atomic mass is 9.89. The van der Waals surface area contributed by atoms with Gasteiger partial charge in [-0.05, 0) is 70.0 Å². The summed E-state index contributed by atoms with van der Waals surface area (Å²) in [5.41, 5.74) is 2.65. The average molecular weight is 383 g/mol. The number of carbonyl (C=O) groups is 1. The van der Waals surface area contributed by atoms with Crippen molar-refractivity contribution in [2.75, 3.05) is 7.11 Å². The van der Waals surface area contributed by atoms with Crippen LogP contribution in [0.15, 0.2) is 36.4 Å². The molecule has 5 heteroatoms. The van der Waals surface area contributed by atoms with Crippen LogP contribution in [0.5, 0.6) is 17.2 Å². The van der Waals surface area contributed by atoms with E-state index in [4.69, 9.17) is 14.2 Å². The Labute approximate surface area is 167 Å². The van der Waals surface area contributed by atoms with Gasteiger partial charge in [0, 0.05) is 12.0 Å². The number of carbonyl (C=O) groups excluding carboxylic acids is 1. The molecule has 1 amide bonds. The van der Waals surface area contributed by atoms with Gasteiger partial charge < -0.3 is 19.5 Å². The van der Waals surface area contributed by atoms with Crippen LogP contribution >= 0.6 is 0 Å². The molecule has 1 N–H and O–H groups in total. The van der Waals surface area contributed by atoms with Crippen molar-refractivity contribution in [3.05, 3.63) is 53.1 Å². The Hall–Kier alpha value is -2.69. The second-order valence-electron chi connectivity index (χ2n) is 8.06. The van der Waals surface area contributed by atoms with E-state index in [1.165, 1.54) is 0 Å². The fourth-order valence-electron chi connectivity index (χ4n) is 3.46. The van der Waals surface area contributed by atoms with Crippen LogP contribution in [0, 0.1) is 13.8 Å². The first-order valence-electron chi connectivity index (χ1n) is 9.60. The van der Waals surface area contributed by atoms with Gasteiger partial charge in [-0.3, -0.25) is 4.79 Å². The van der Waals surface area contributed by atoms with Crippen molar-refractivity contribution in [3.8, 4) is 17.2 Å². The van der Waals surface area contributed by atoms with Gasteiger partial charge >= 0.3 is 0 Å². The smallest absolute Gasteiger partial charge is 0.261 e. The van der Waals surface area contributed by atoms with Crippen molar-refractivity contribution in [2.45, 2.75) is 58.8 Å². The van der Waals surface area contributed by atoms with Crippen molar-refractivity contribution in [1.82, 2.24) is 5.32 Å². The van der Waals surface area contributed by atoms with Crippen LogP contribution in [-0.2, 0) is 4.79 Å². The maximum atomic E-state index is 12.9. The fraction of sp³-hybridized carbons (Fsp3) is 0.435. The van der Waals surface area contributed by atoms with Crippen LogP contribution in [-0.4, -0.2) is 24.7 Å². The number of amides is 1. The Morgan fingerprint density at radius 3 is 2.68 bits per heavy atom. The highest BCUT2D eigenvalue weighted by Crippen LogP contribution is 2.41. The van der Waals surface area contributed by atoms with Gasteiger partial charge in [-0.2, -0.15) is 0 Å². The summed E-state index contributed by atoms with van der Waals surface area (Å²) < 4.78 is 17.4. The van der Waals surface area contributed by atoms with E-state index in [1.54, 1.807) is 14.0 Å². The summed E-state index contributed by atoms with van der Waals surface area (Å²) >= 11 is 0. The molecule has 1 aliphatic heterocycles. The van der Waals surface area contributed by atoms with Crippen molar-refractivity contribution < 1.29 is 19.0 Å². The third-order valence-corrected chi connectivity index (χ3v) is 5.01. The minimum Gasteiger partial charge on any atom is -0.497 e. The van der Waals surface area contributed by atoms with Crippen LogP contribution in [0.2, 0.25) is 0 Å². The molecular weight excluding hydrogens is 354 g/mol. The Kier molecular flexibility index (Phi) is 5.54. The molecule has 0 aromatic heterocycles. The normalized spacial score (nSPS) is 18.4. The maximum absolute atomic E-state index is 12.9. The van der Waals surface area contributed by atoms with E-state index in [9.17, 15) is 4.79 Å². The molecule has 3 rings (SSSR count). The van der Waals surface area contributed by atoms with Crippen LogP contribution in [0.25, 0.3) is 0 Å². The molecule has 1 aliphatic rings. The molecule has 2 aromatic rings. The number of methoxy groups -OCH3 is 1. The number of aryl methyl sites for hydroxylation is 2. The molecule has 2 aromatic carbocycles. The van der Waals surface area contributed by atoms with E-state index >= 15 is 0 Å². The molecule has 0 bridgehead atoms. The van der Waals surface area contributed by atoms with Crippen molar-refractivity contribution in [3.63, 3.8) is 0 Å². The third kappa shape index (κ3) is 4.41. The lowest BCUT2D eigenvalue weighted by molar-refractivity contribution is -0.128. The topological polar surface area (TPSA) is 56.8 Å². The number of ether oxygens (including phenoxy) is 3. The first-order valence-corrected chi connectivity index (χ1v) is 9.60. The standard InChI is InChI=1S/C23H29NO4/c1-14-7-8-15(2)21(11-14)27-16(3)22(25)24-19-13-23(4,5)28-20-10-9-17(26-6)12-18(19)20/h7-12,16,19H,13H2,1-6H3,(H,24,25)/t16-,19+/m1/s1. The fourth-order valence-corrected chi connectivity index (χ4v) is 3.46. The molecule has 0 aliphatic carbocycles. The molecule has 0 saturated heterocycles. The van der Waals surface area contributed by atoms with Crippen LogP contribution in [0.4, 0.5) is 0 Å². The van der Waals surface area contributed by atoms with Gasteiger partial charge in [-0.1, -0.05) is 12.1 Å². The number of hydrogen-bond donors (Lipinski definition) is 1. The molecule has 0 radical (unpaired) electrons. The Morgan fingerprint density at radius 1 is 1.21 bits per heavy atom. The number of hydrogen-bond acceptors (Lipinski definition) is 4. The van der Waals surface area contributed by atoms with Crippen molar-refractivity contribution in [2.24, 2.45) is 0 Å². The molecule has 2 atom stereocenters. The summed E-state index contributed by atoms with van der Waals surface area (Å²) in [4.78, 5) is 12.9. The minimum atomic E-state index is -0.611. The van der Waals surface area contributed by atoms with E-state index in [2.05, 4.69) is 5.32 Å². The number of benzene rings is 2. The molecule has 0 saturated carbocycles. The molecule has 0 unspecified atom stereocenters. The summed E-state index contributed by atoms with van der Waals surface area (Å²) in [6, 6.07) is 11.5. The lowest BCUT2D eigenvalue weighted by Gasteiger charge is -2.38. The summed E-state index contributed by atoms with van der Waals surface area (Å²) in [5, 5.41) is 3.14. The lowest BCUT2D eigenvalue weighted by Crippen LogP contribution is -2.44. The SMILES string of the molecule is COc1ccc2c(c1)[C@@H](NC(=O)[C@@H](C)Oc1cc(C)ccc1C)CC(C)(C)O2. The highest BCUT2D eigenvalue weighted by molar-refractivity contribution is 5.81. The molecule has 28 heavy (non-hydrogen) atoms. The molecular formula is C23H29NO4. The van der Waals surface area contributed by atoms with Gasteiger partial charge in [0.1, 0.15) is 22.8 Å². The van der Waals surface area contributed by atoms with Crippen molar-refractivity contribution >= 4 is 5.91 Å². The van der Waals surface area contributed by atoms with E-state index in [0.717, 1.165) is 33.9 Å². The van der Waals surface area contributed by atoms with Gasteiger partial charge in [0.2, 0.25) is 0 Å². The zero-order valence-electron chi connectivity index (χ0n) is 17.5. The van der Waals surface area contributed by atoms with Gasteiger partial charge in [-0.15, -0.1) is 0 Å². The minimum absolute atomic E-state index is 0.155. The van der Waals surface area contributed by atoms with Gasteiger partial charge in [0.15, 0.2) is 6.10 Å². The van der Waals surface area contributed by atoms with Gasteiger partial charge in [0.05, 0.1) is 13.2 Å². The summed E-state index contributed by atoms with van der Waals surface area (Å²) in [5.74, 6) is 2.08. The largest absolute Gasteiger partial charge is 0.497 e. The van der Waals surface area contributed by atoms with Crippen LogP contribution in [0.1, 0.15) is 49.9 Å². The first-order chi connectivity index (χ1) is 13.2. The number of fused-ring (bicyclic) bond motifs is 1.